The van der Waals surface area contributed by atoms with Crippen molar-refractivity contribution >= 4 is 11.8 Å². The van der Waals surface area contributed by atoms with Crippen LogP contribution in [0, 0.1) is 0 Å². The summed E-state index contributed by atoms with van der Waals surface area (Å²) >= 11 is 1.93. The zero-order chi connectivity index (χ0) is 7.40. The molecule has 0 aromatic heterocycles. The van der Waals surface area contributed by atoms with Gasteiger partial charge in [0, 0.05) is 22.9 Å². The van der Waals surface area contributed by atoms with Crippen LogP contribution in [0.3, 0.4) is 0 Å². The van der Waals surface area contributed by atoms with Crippen LogP contribution in [0.5, 0.6) is 0 Å². The molecule has 1 saturated heterocycles. The van der Waals surface area contributed by atoms with E-state index in [0.29, 0.717) is 0 Å². The predicted octanol–water partition coefficient (Wildman–Crippen LogP) is 2.13. The summed E-state index contributed by atoms with van der Waals surface area (Å²) in [5, 5.41) is 3.34. The molecule has 1 aliphatic heterocycles. The first kappa shape index (κ1) is 7.73. The highest BCUT2D eigenvalue weighted by Gasteiger charge is 2.07. The highest BCUT2D eigenvalue weighted by atomic mass is 32.2. The maximum Gasteiger partial charge on any atom is 0.0431 e. The second kappa shape index (κ2) is 3.71. The standard InChI is InChI=1S/C8H13NS/c1-3-7-8(4-2)10-6-5-9-7/h3-4,9H,5-6H2,1-2H3/b7-3+,8-4+. The average molecular weight is 155 g/mol. The Bertz CT molecular complexity index is 150. The summed E-state index contributed by atoms with van der Waals surface area (Å²) in [6.07, 6.45) is 4.29. The molecule has 0 aromatic carbocycles. The molecule has 56 valence electrons. The van der Waals surface area contributed by atoms with E-state index in [1.807, 2.05) is 11.8 Å². The summed E-state index contributed by atoms with van der Waals surface area (Å²) < 4.78 is 0. The van der Waals surface area contributed by atoms with E-state index in [2.05, 4.69) is 31.3 Å². The van der Waals surface area contributed by atoms with Crippen LogP contribution in [0.15, 0.2) is 22.8 Å². The monoisotopic (exact) mass is 155 g/mol. The Morgan fingerprint density at radius 2 is 2.20 bits per heavy atom. The molecule has 0 aromatic rings. The molecule has 1 heterocycles. The number of nitrogens with one attached hydrogen (secondary N) is 1. The third-order valence-electron chi connectivity index (χ3n) is 1.49. The van der Waals surface area contributed by atoms with E-state index < -0.39 is 0 Å². The number of hydrogen-bond donors (Lipinski definition) is 1. The summed E-state index contributed by atoms with van der Waals surface area (Å²) in [7, 11) is 0. The van der Waals surface area contributed by atoms with Gasteiger partial charge in [-0.15, -0.1) is 11.8 Å². The van der Waals surface area contributed by atoms with Gasteiger partial charge in [0.25, 0.3) is 0 Å². The van der Waals surface area contributed by atoms with Gasteiger partial charge in [-0.25, -0.2) is 0 Å². The number of hydrogen-bond acceptors (Lipinski definition) is 2. The van der Waals surface area contributed by atoms with Gasteiger partial charge < -0.3 is 5.32 Å². The maximum atomic E-state index is 3.34. The zero-order valence-electron chi connectivity index (χ0n) is 6.48. The van der Waals surface area contributed by atoms with Crippen molar-refractivity contribution in [1.82, 2.24) is 5.32 Å². The summed E-state index contributed by atoms with van der Waals surface area (Å²) in [5.41, 5.74) is 1.29. The fourth-order valence-corrected chi connectivity index (χ4v) is 1.93. The second-order valence-electron chi connectivity index (χ2n) is 2.13. The predicted molar refractivity (Wildman–Crippen MR) is 48.0 cm³/mol. The topological polar surface area (TPSA) is 12.0 Å². The van der Waals surface area contributed by atoms with Gasteiger partial charge >= 0.3 is 0 Å². The first-order valence-electron chi connectivity index (χ1n) is 3.58. The van der Waals surface area contributed by atoms with E-state index in [4.69, 9.17) is 0 Å². The molecule has 1 N–H and O–H groups in total. The Morgan fingerprint density at radius 3 is 2.70 bits per heavy atom. The molecule has 2 heteroatoms. The van der Waals surface area contributed by atoms with Crippen molar-refractivity contribution in [2.45, 2.75) is 13.8 Å². The summed E-state index contributed by atoms with van der Waals surface area (Å²) in [6, 6.07) is 0. The zero-order valence-corrected chi connectivity index (χ0v) is 7.29. The van der Waals surface area contributed by atoms with Crippen LogP contribution in [-0.2, 0) is 0 Å². The summed E-state index contributed by atoms with van der Waals surface area (Å²) in [5.74, 6) is 1.19. The number of rotatable bonds is 0. The van der Waals surface area contributed by atoms with E-state index in [9.17, 15) is 0 Å². The molecule has 0 atom stereocenters. The number of allylic oxidation sites excluding steroid dienone is 2. The first-order valence-corrected chi connectivity index (χ1v) is 4.56. The lowest BCUT2D eigenvalue weighted by Crippen LogP contribution is -2.22. The van der Waals surface area contributed by atoms with E-state index >= 15 is 0 Å². The summed E-state index contributed by atoms with van der Waals surface area (Å²) in [6.45, 7) is 5.25. The van der Waals surface area contributed by atoms with Crippen molar-refractivity contribution in [3.8, 4) is 0 Å². The van der Waals surface area contributed by atoms with Crippen LogP contribution >= 0.6 is 11.8 Å². The molecular weight excluding hydrogens is 142 g/mol. The molecule has 1 nitrogen and oxygen atoms in total. The van der Waals surface area contributed by atoms with Crippen LogP contribution in [0.2, 0.25) is 0 Å². The highest BCUT2D eigenvalue weighted by Crippen LogP contribution is 2.24. The van der Waals surface area contributed by atoms with Crippen LogP contribution in [0.25, 0.3) is 0 Å². The van der Waals surface area contributed by atoms with Gasteiger partial charge in [0.1, 0.15) is 0 Å². The third-order valence-corrected chi connectivity index (χ3v) is 2.67. The van der Waals surface area contributed by atoms with E-state index in [1.165, 1.54) is 16.4 Å². The van der Waals surface area contributed by atoms with Crippen molar-refractivity contribution < 1.29 is 0 Å². The lowest BCUT2D eigenvalue weighted by Gasteiger charge is -2.18. The van der Waals surface area contributed by atoms with E-state index in [0.717, 1.165) is 6.54 Å². The van der Waals surface area contributed by atoms with Gasteiger partial charge in [-0.05, 0) is 13.8 Å². The second-order valence-corrected chi connectivity index (χ2v) is 3.27. The maximum absolute atomic E-state index is 3.34. The lowest BCUT2D eigenvalue weighted by molar-refractivity contribution is 0.867. The Hall–Kier alpha value is -0.370. The Labute approximate surface area is 66.6 Å². The van der Waals surface area contributed by atoms with Gasteiger partial charge in [0.2, 0.25) is 0 Å². The van der Waals surface area contributed by atoms with Crippen LogP contribution in [0.4, 0.5) is 0 Å². The van der Waals surface area contributed by atoms with Gasteiger partial charge in [-0.3, -0.25) is 0 Å². The molecule has 0 radical (unpaired) electrons. The molecule has 1 aliphatic rings. The van der Waals surface area contributed by atoms with Crippen molar-refractivity contribution in [1.29, 1.82) is 0 Å². The van der Waals surface area contributed by atoms with Crippen molar-refractivity contribution in [3.05, 3.63) is 22.8 Å². The Balaban J connectivity index is 2.69. The van der Waals surface area contributed by atoms with Gasteiger partial charge in [-0.1, -0.05) is 12.2 Å². The SMILES string of the molecule is C/C=C1/NCCS/C1=C/C. The minimum absolute atomic E-state index is 1.10. The minimum Gasteiger partial charge on any atom is -0.384 e. The van der Waals surface area contributed by atoms with Gasteiger partial charge in [0.15, 0.2) is 0 Å². The van der Waals surface area contributed by atoms with E-state index in [-0.39, 0.29) is 0 Å². The molecular formula is C8H13NS. The van der Waals surface area contributed by atoms with Crippen LogP contribution in [0.1, 0.15) is 13.8 Å². The fourth-order valence-electron chi connectivity index (χ4n) is 0.995. The molecule has 0 bridgehead atoms. The Morgan fingerprint density at radius 1 is 1.40 bits per heavy atom. The molecule has 0 unspecified atom stereocenters. The van der Waals surface area contributed by atoms with Gasteiger partial charge in [-0.2, -0.15) is 0 Å². The lowest BCUT2D eigenvalue weighted by atomic mass is 10.3. The summed E-state index contributed by atoms with van der Waals surface area (Å²) in [4.78, 5) is 1.38. The molecule has 0 aliphatic carbocycles. The average Bonchev–Trinajstić information content (AvgIpc) is 2.04. The van der Waals surface area contributed by atoms with E-state index in [1.54, 1.807) is 0 Å². The quantitative estimate of drug-likeness (QED) is 0.575. The smallest absolute Gasteiger partial charge is 0.0431 e. The molecule has 1 fully saturated rings. The van der Waals surface area contributed by atoms with Crippen molar-refractivity contribution in [2.24, 2.45) is 0 Å². The molecule has 1 rings (SSSR count). The van der Waals surface area contributed by atoms with Crippen molar-refractivity contribution in [2.75, 3.05) is 12.3 Å². The van der Waals surface area contributed by atoms with Crippen LogP contribution in [-0.4, -0.2) is 12.3 Å². The Kier molecular flexibility index (Phi) is 2.87. The molecule has 0 spiro atoms. The highest BCUT2D eigenvalue weighted by molar-refractivity contribution is 8.03. The first-order chi connectivity index (χ1) is 4.88. The number of thioether (sulfide) groups is 1. The van der Waals surface area contributed by atoms with Crippen LogP contribution < -0.4 is 5.32 Å². The third kappa shape index (κ3) is 1.57. The normalized spacial score (nSPS) is 27.0. The van der Waals surface area contributed by atoms with Gasteiger partial charge in [0.05, 0.1) is 0 Å². The minimum atomic E-state index is 1.10. The van der Waals surface area contributed by atoms with Crippen molar-refractivity contribution in [3.63, 3.8) is 0 Å². The largest absolute Gasteiger partial charge is 0.384 e. The molecule has 0 amide bonds. The molecule has 0 saturated carbocycles. The fraction of sp³-hybridized carbons (Fsp3) is 0.500. The molecule has 10 heavy (non-hydrogen) atoms.